The van der Waals surface area contributed by atoms with Crippen LogP contribution >= 0.6 is 11.8 Å². The first kappa shape index (κ1) is 78.6. The minimum atomic E-state index is -1.65. The molecule has 27 heteroatoms. The molecule has 504 valence electrons. The fourth-order valence-corrected chi connectivity index (χ4v) is 10.6. The third kappa shape index (κ3) is 32.3. The number of aliphatic carboxylic acids is 1. The number of rotatable bonds is 43. The molecule has 0 bridgehead atoms. The molecule has 2 rings (SSSR count). The van der Waals surface area contributed by atoms with Gasteiger partial charge in [0.2, 0.25) is 41.4 Å². The number of esters is 1. The van der Waals surface area contributed by atoms with Gasteiger partial charge in [0, 0.05) is 68.1 Å². The maximum atomic E-state index is 14.0. The van der Waals surface area contributed by atoms with Gasteiger partial charge < -0.3 is 71.7 Å². The lowest BCUT2D eigenvalue weighted by atomic mass is 9.86. The summed E-state index contributed by atoms with van der Waals surface area (Å²) in [6.45, 7) is 24.5. The van der Waals surface area contributed by atoms with E-state index < -0.39 is 99.1 Å². The molecule has 0 aromatic rings. The maximum absolute atomic E-state index is 14.0. The monoisotopic (exact) mass is 1270 g/mol. The molecule has 9 amide bonds. The number of carbonyl (C=O) groups is 11. The van der Waals surface area contributed by atoms with Crippen molar-refractivity contribution in [3.05, 3.63) is 0 Å². The molecule has 1 aliphatic heterocycles. The van der Waals surface area contributed by atoms with Crippen LogP contribution in [0.25, 0.3) is 0 Å². The molecule has 0 aromatic heterocycles. The van der Waals surface area contributed by atoms with E-state index in [2.05, 4.69) is 37.2 Å². The molecule has 1 aliphatic carbocycles. The number of urea groups is 1. The van der Waals surface area contributed by atoms with Crippen LogP contribution in [-0.4, -0.2) is 200 Å². The molecule has 0 radical (unpaired) electrons. The number of imide groups is 1. The van der Waals surface area contributed by atoms with E-state index in [1.54, 1.807) is 34.6 Å². The minimum Gasteiger partial charge on any atom is -0.481 e. The second-order valence-electron chi connectivity index (χ2n) is 26.4. The number of unbranched alkanes of at least 4 members (excludes halogenated alkanes) is 2. The Bertz CT molecular complexity index is 2260. The van der Waals surface area contributed by atoms with Crippen molar-refractivity contribution in [3.63, 3.8) is 0 Å². The summed E-state index contributed by atoms with van der Waals surface area (Å²) in [5, 5.41) is 28.6. The van der Waals surface area contributed by atoms with Gasteiger partial charge in [0.15, 0.2) is 0 Å². The summed E-state index contributed by atoms with van der Waals surface area (Å²) in [6, 6.07) is -3.80. The number of hydrogen-bond acceptors (Lipinski definition) is 18. The Kier molecular flexibility index (Phi) is 35.4. The van der Waals surface area contributed by atoms with Gasteiger partial charge in [-0.15, -0.1) is 11.8 Å². The first-order valence-corrected chi connectivity index (χ1v) is 32.2. The number of ether oxygens (including phenoxy) is 5. The number of thioether (sulfide) groups is 1. The molecule has 5 atom stereocenters. The lowest BCUT2D eigenvalue weighted by Gasteiger charge is -2.34. The third-order valence-electron chi connectivity index (χ3n) is 14.7. The predicted octanol–water partition coefficient (Wildman–Crippen LogP) is 3.43. The lowest BCUT2D eigenvalue weighted by molar-refractivity contribution is -0.154. The van der Waals surface area contributed by atoms with Gasteiger partial charge in [0.25, 0.3) is 0 Å². The van der Waals surface area contributed by atoms with Crippen LogP contribution in [0.5, 0.6) is 0 Å². The van der Waals surface area contributed by atoms with Crippen LogP contribution in [0.15, 0.2) is 0 Å². The molecule has 10 N–H and O–H groups in total. The number of carboxylic acids is 1. The summed E-state index contributed by atoms with van der Waals surface area (Å²) < 4.78 is 27.6. The van der Waals surface area contributed by atoms with Gasteiger partial charge in [-0.05, 0) is 118 Å². The number of likely N-dealkylation sites (tertiary alicyclic amines) is 1. The largest absolute Gasteiger partial charge is 0.481 e. The van der Waals surface area contributed by atoms with Crippen LogP contribution in [0.3, 0.4) is 0 Å². The highest BCUT2D eigenvalue weighted by Gasteiger charge is 2.42. The number of primary amides is 1. The maximum Gasteiger partial charge on any atom is 0.312 e. The molecular weight excluding hydrogens is 1160 g/mol. The second kappa shape index (κ2) is 39.6. The first-order valence-electron chi connectivity index (χ1n) is 31.1. The van der Waals surface area contributed by atoms with Crippen molar-refractivity contribution < 1.29 is 81.5 Å². The highest BCUT2D eigenvalue weighted by Crippen LogP contribution is 2.29. The van der Waals surface area contributed by atoms with Crippen LogP contribution in [-0.2, 0) is 71.6 Å². The number of carboxylic acid groups (broad SMARTS) is 1. The van der Waals surface area contributed by atoms with Gasteiger partial charge in [-0.3, -0.25) is 52.8 Å². The molecular formula is C61H107N9O17S. The van der Waals surface area contributed by atoms with Crippen molar-refractivity contribution in [3.8, 4) is 0 Å². The number of Topliss-reactive ketones (excluding diaryl/α,β-unsaturated/α-hetero) is 1. The van der Waals surface area contributed by atoms with Gasteiger partial charge in [-0.25, -0.2) is 4.79 Å². The zero-order chi connectivity index (χ0) is 66.3. The third-order valence-corrected chi connectivity index (χ3v) is 16.0. The predicted molar refractivity (Wildman–Crippen MR) is 331 cm³/mol. The number of carbonyl (C=O) groups excluding carboxylic acids is 10. The number of hydrogen-bond donors (Lipinski definition) is 9. The summed E-state index contributed by atoms with van der Waals surface area (Å²) in [5.41, 5.74) is 1.96. The van der Waals surface area contributed by atoms with Crippen LogP contribution in [0.4, 0.5) is 4.79 Å². The van der Waals surface area contributed by atoms with Crippen LogP contribution < -0.4 is 43.0 Å². The Morgan fingerprint density at radius 1 is 0.670 bits per heavy atom. The summed E-state index contributed by atoms with van der Waals surface area (Å²) in [5.74, 6) is -4.82. The number of amides is 9. The second-order valence-corrected chi connectivity index (χ2v) is 27.6. The van der Waals surface area contributed by atoms with Crippen molar-refractivity contribution in [2.75, 3.05) is 84.8 Å². The van der Waals surface area contributed by atoms with E-state index in [9.17, 15) is 57.8 Å². The zero-order valence-electron chi connectivity index (χ0n) is 54.5. The fourth-order valence-electron chi connectivity index (χ4n) is 9.36. The summed E-state index contributed by atoms with van der Waals surface area (Å²) in [7, 11) is 0. The Balaban J connectivity index is 1.88. The fraction of sp³-hybridized carbons (Fsp3) is 0.820. The average molecular weight is 1270 g/mol. The number of ketones is 1. The van der Waals surface area contributed by atoms with Crippen molar-refractivity contribution in [2.45, 2.75) is 213 Å². The molecule has 1 heterocycles. The number of nitrogens with two attached hydrogens (primary N) is 1. The quantitative estimate of drug-likeness (QED) is 0.0240. The van der Waals surface area contributed by atoms with Gasteiger partial charge in [0.05, 0.1) is 76.2 Å². The number of nitrogens with one attached hydrogen (secondary N) is 7. The molecule has 88 heavy (non-hydrogen) atoms. The highest BCUT2D eigenvalue weighted by molar-refractivity contribution is 8.00. The van der Waals surface area contributed by atoms with Crippen molar-refractivity contribution >= 4 is 76.9 Å². The van der Waals surface area contributed by atoms with Crippen LogP contribution in [0.1, 0.15) is 173 Å². The highest BCUT2D eigenvalue weighted by atomic mass is 32.2. The molecule has 2 aliphatic rings. The lowest BCUT2D eigenvalue weighted by Crippen LogP contribution is -2.62. The average Bonchev–Trinajstić information content (AvgIpc) is 3.81. The Morgan fingerprint density at radius 3 is 1.83 bits per heavy atom. The van der Waals surface area contributed by atoms with Crippen molar-refractivity contribution in [1.82, 2.24) is 42.1 Å². The minimum absolute atomic E-state index is 0.0304. The molecule has 2 unspecified atom stereocenters. The van der Waals surface area contributed by atoms with Crippen LogP contribution in [0.2, 0.25) is 0 Å². The molecule has 0 spiro atoms. The smallest absolute Gasteiger partial charge is 0.312 e. The van der Waals surface area contributed by atoms with E-state index in [4.69, 9.17) is 29.4 Å². The Morgan fingerprint density at radius 2 is 1.27 bits per heavy atom. The van der Waals surface area contributed by atoms with E-state index in [0.29, 0.717) is 84.6 Å². The van der Waals surface area contributed by atoms with Crippen LogP contribution in [0, 0.1) is 22.7 Å². The summed E-state index contributed by atoms with van der Waals surface area (Å²) in [6.07, 6.45) is 4.22. The van der Waals surface area contributed by atoms with E-state index in [1.165, 1.54) is 11.8 Å². The van der Waals surface area contributed by atoms with E-state index >= 15 is 0 Å². The topological polar surface area (TPSA) is 368 Å². The Hall–Kier alpha value is -5.48. The van der Waals surface area contributed by atoms with Crippen molar-refractivity contribution in [1.29, 1.82) is 0 Å². The molecule has 0 aromatic carbocycles. The molecule has 2 fully saturated rings. The van der Waals surface area contributed by atoms with Gasteiger partial charge in [-0.1, -0.05) is 41.0 Å². The molecule has 26 nitrogen and oxygen atoms in total. The normalized spacial score (nSPS) is 18.1. The van der Waals surface area contributed by atoms with E-state index in [-0.39, 0.29) is 106 Å². The van der Waals surface area contributed by atoms with Gasteiger partial charge in [-0.2, -0.15) is 0 Å². The summed E-state index contributed by atoms with van der Waals surface area (Å²) in [4.78, 5) is 144. The van der Waals surface area contributed by atoms with E-state index in [0.717, 1.165) is 24.6 Å². The standard InChI is InChI=1S/C61H107N9O17S/c1-40(2)50(53(78)66-43(17-16-26-64-57(62)82)51(76)65-42-21-19-41(20-22-42)38-87-56(81)59(6,7)8)67-47(72)18-14-13-15-28-70-48(73)37-45(54(70)79)88-39-44(68-60(9,10)11)52(77)69-61(12,25-23-49(74)75)55(80)63-27-30-84-32-34-86-36-35-85-33-31-83-29-24-46(71)58(3,4)5/h40-45,50,68H,13-39H2,1-12H3,(H,63,80)(H,65,76)(H,66,78)(H,67,72)(H,69,77)(H,74,75)(H3,62,64,82)/t41?,42?,43-,44-,45?,50-,61?/m0/s1. The SMILES string of the molecule is CC(C)[C@H](NC(=O)CCCCCN1C(=O)CC(SC[C@H](NC(C)(C)C)C(=O)NC(C)(CCC(=O)O)C(=O)NCCOCCOCCOCCOCCC(=O)C(C)(C)C)C1=O)C(=O)N[C@@H](CCCNC(N)=O)C(=O)NC1CCC(COC(=O)C(C)(C)C)CC1. The summed E-state index contributed by atoms with van der Waals surface area (Å²) >= 11 is 1.12. The van der Waals surface area contributed by atoms with Gasteiger partial charge >= 0.3 is 18.0 Å². The Labute approximate surface area is 525 Å². The molecule has 1 saturated heterocycles. The van der Waals surface area contributed by atoms with Crippen molar-refractivity contribution in [2.24, 2.45) is 28.4 Å². The first-order chi connectivity index (χ1) is 41.1. The zero-order valence-corrected chi connectivity index (χ0v) is 55.4. The van der Waals surface area contributed by atoms with Gasteiger partial charge in [0.1, 0.15) is 23.4 Å². The molecule has 1 saturated carbocycles. The van der Waals surface area contributed by atoms with E-state index in [1.807, 2.05) is 41.5 Å². The number of nitrogens with zero attached hydrogens (tertiary/aromatic N) is 1.